The average molecular weight is 257 g/mol. The van der Waals surface area contributed by atoms with Gasteiger partial charge in [-0.3, -0.25) is 5.41 Å². The molecule has 0 rings (SSSR count). The van der Waals surface area contributed by atoms with Gasteiger partial charge in [-0.25, -0.2) is 0 Å². The summed E-state index contributed by atoms with van der Waals surface area (Å²) >= 11 is 1.57. The predicted octanol–water partition coefficient (Wildman–Crippen LogP) is 1.78. The lowest BCUT2D eigenvalue weighted by molar-refractivity contribution is -0.160. The fraction of sp³-hybridized carbons (Fsp3) is 0.889. The molecule has 7 heteroatoms. The van der Waals surface area contributed by atoms with Crippen LogP contribution in [0.2, 0.25) is 0 Å². The molecule has 0 aromatic rings. The second-order valence-electron chi connectivity index (χ2n) is 3.79. The number of halogens is 3. The molecule has 2 unspecified atom stereocenters. The molecule has 3 N–H and O–H groups in total. The molecule has 0 amide bonds. The Morgan fingerprint density at radius 2 is 2.00 bits per heavy atom. The smallest absolute Gasteiger partial charge is 0.387 e. The van der Waals surface area contributed by atoms with Gasteiger partial charge in [-0.05, 0) is 20.2 Å². The minimum atomic E-state index is -4.45. The van der Waals surface area contributed by atoms with Crippen LogP contribution in [-0.4, -0.2) is 48.6 Å². The zero-order chi connectivity index (χ0) is 12.9. The van der Waals surface area contributed by atoms with E-state index < -0.39 is 17.9 Å². The van der Waals surface area contributed by atoms with E-state index in [0.717, 1.165) is 5.75 Å². The fourth-order valence-corrected chi connectivity index (χ4v) is 1.95. The molecule has 96 valence electrons. The highest BCUT2D eigenvalue weighted by molar-refractivity contribution is 7.98. The van der Waals surface area contributed by atoms with Crippen LogP contribution in [0.25, 0.3) is 0 Å². The summed E-state index contributed by atoms with van der Waals surface area (Å²) in [7, 11) is 1.61. The molecule has 0 aromatic carbocycles. The molecule has 0 aromatic heterocycles. The molecule has 0 aliphatic rings. The van der Waals surface area contributed by atoms with Gasteiger partial charge in [-0.2, -0.15) is 24.9 Å². The van der Waals surface area contributed by atoms with Crippen LogP contribution in [0.3, 0.4) is 0 Å². The maximum Gasteiger partial charge on any atom is 0.399 e. The van der Waals surface area contributed by atoms with E-state index in [-0.39, 0.29) is 12.6 Å². The molecule has 16 heavy (non-hydrogen) atoms. The van der Waals surface area contributed by atoms with E-state index in [4.69, 9.17) is 11.1 Å². The van der Waals surface area contributed by atoms with Gasteiger partial charge in [0.25, 0.3) is 0 Å². The van der Waals surface area contributed by atoms with Gasteiger partial charge < -0.3 is 10.6 Å². The van der Waals surface area contributed by atoms with E-state index in [2.05, 4.69) is 0 Å². The molecule has 0 aliphatic carbocycles. The summed E-state index contributed by atoms with van der Waals surface area (Å²) in [6.07, 6.45) is -2.55. The molecule has 2 atom stereocenters. The van der Waals surface area contributed by atoms with Crippen molar-refractivity contribution in [2.45, 2.75) is 19.1 Å². The molecule has 0 saturated carbocycles. The fourth-order valence-electron chi connectivity index (χ4n) is 1.21. The van der Waals surface area contributed by atoms with Crippen molar-refractivity contribution in [3.63, 3.8) is 0 Å². The lowest BCUT2D eigenvalue weighted by atomic mass is 10.1. The highest BCUT2D eigenvalue weighted by atomic mass is 32.2. The Balaban J connectivity index is 4.47. The summed E-state index contributed by atoms with van der Waals surface area (Å²) in [5.74, 6) is -1.95. The van der Waals surface area contributed by atoms with Gasteiger partial charge in [-0.1, -0.05) is 0 Å². The second-order valence-corrected chi connectivity index (χ2v) is 4.70. The summed E-state index contributed by atoms with van der Waals surface area (Å²) < 4.78 is 37.6. The number of alkyl halides is 3. The number of rotatable bonds is 6. The van der Waals surface area contributed by atoms with Crippen molar-refractivity contribution in [1.82, 2.24) is 4.90 Å². The Morgan fingerprint density at radius 1 is 1.50 bits per heavy atom. The Hall–Kier alpha value is -0.430. The van der Waals surface area contributed by atoms with E-state index in [1.54, 1.807) is 23.7 Å². The minimum Gasteiger partial charge on any atom is -0.387 e. The van der Waals surface area contributed by atoms with Crippen LogP contribution in [0.15, 0.2) is 0 Å². The normalized spacial score (nSPS) is 16.2. The molecular weight excluding hydrogens is 239 g/mol. The SMILES string of the molecule is CSCC(C)N(C)CC(C(=N)N)C(F)(F)F. The zero-order valence-corrected chi connectivity index (χ0v) is 10.5. The van der Waals surface area contributed by atoms with E-state index in [0.29, 0.717) is 0 Å². The van der Waals surface area contributed by atoms with Crippen LogP contribution in [0.5, 0.6) is 0 Å². The van der Waals surface area contributed by atoms with Gasteiger partial charge in [0, 0.05) is 18.3 Å². The van der Waals surface area contributed by atoms with Crippen molar-refractivity contribution in [3.05, 3.63) is 0 Å². The first kappa shape index (κ1) is 15.6. The van der Waals surface area contributed by atoms with Gasteiger partial charge in [0.15, 0.2) is 0 Å². The highest BCUT2D eigenvalue weighted by Gasteiger charge is 2.42. The Kier molecular flexibility index (Phi) is 6.17. The Morgan fingerprint density at radius 3 is 2.31 bits per heavy atom. The van der Waals surface area contributed by atoms with Crippen LogP contribution in [0.4, 0.5) is 13.2 Å². The number of hydrogen-bond donors (Lipinski definition) is 2. The Labute approximate surface area is 98.1 Å². The molecule has 0 heterocycles. The Bertz CT molecular complexity index is 233. The number of nitrogens with one attached hydrogen (secondary N) is 1. The van der Waals surface area contributed by atoms with E-state index >= 15 is 0 Å². The number of hydrogen-bond acceptors (Lipinski definition) is 3. The first-order chi connectivity index (χ1) is 7.20. The zero-order valence-electron chi connectivity index (χ0n) is 9.64. The third kappa shape index (κ3) is 5.07. The predicted molar refractivity (Wildman–Crippen MR) is 61.9 cm³/mol. The second kappa shape index (κ2) is 6.34. The first-order valence-electron chi connectivity index (χ1n) is 4.80. The lowest BCUT2D eigenvalue weighted by Gasteiger charge is -2.29. The molecule has 0 saturated heterocycles. The van der Waals surface area contributed by atoms with Crippen molar-refractivity contribution in [2.24, 2.45) is 11.7 Å². The molecule has 0 spiro atoms. The van der Waals surface area contributed by atoms with Crippen molar-refractivity contribution >= 4 is 17.6 Å². The highest BCUT2D eigenvalue weighted by Crippen LogP contribution is 2.27. The molecule has 3 nitrogen and oxygen atoms in total. The van der Waals surface area contributed by atoms with E-state index in [1.807, 2.05) is 13.2 Å². The van der Waals surface area contributed by atoms with Gasteiger partial charge in [0.05, 0.1) is 0 Å². The number of nitrogens with zero attached hydrogens (tertiary/aromatic N) is 1. The van der Waals surface area contributed by atoms with E-state index in [1.165, 1.54) is 0 Å². The lowest BCUT2D eigenvalue weighted by Crippen LogP contribution is -2.45. The maximum absolute atomic E-state index is 12.5. The van der Waals surface area contributed by atoms with Gasteiger partial charge in [0.2, 0.25) is 0 Å². The molecule has 0 bridgehead atoms. The van der Waals surface area contributed by atoms with Crippen LogP contribution in [0, 0.1) is 11.3 Å². The third-order valence-corrected chi connectivity index (χ3v) is 3.22. The van der Waals surface area contributed by atoms with Gasteiger partial charge >= 0.3 is 6.18 Å². The van der Waals surface area contributed by atoms with Gasteiger partial charge in [-0.15, -0.1) is 0 Å². The molecule has 0 fully saturated rings. The van der Waals surface area contributed by atoms with E-state index in [9.17, 15) is 13.2 Å². The summed E-state index contributed by atoms with van der Waals surface area (Å²) in [5, 5.41) is 6.97. The first-order valence-corrected chi connectivity index (χ1v) is 6.19. The maximum atomic E-state index is 12.5. The van der Waals surface area contributed by atoms with Crippen LogP contribution >= 0.6 is 11.8 Å². The van der Waals surface area contributed by atoms with Crippen molar-refractivity contribution < 1.29 is 13.2 Å². The molecule has 0 radical (unpaired) electrons. The quantitative estimate of drug-likeness (QED) is 0.563. The topological polar surface area (TPSA) is 53.1 Å². The van der Waals surface area contributed by atoms with Crippen LogP contribution in [0.1, 0.15) is 6.92 Å². The van der Waals surface area contributed by atoms with Gasteiger partial charge in [0.1, 0.15) is 11.8 Å². The monoisotopic (exact) mass is 257 g/mol. The number of nitrogens with two attached hydrogens (primary N) is 1. The summed E-state index contributed by atoms with van der Waals surface area (Å²) in [4.78, 5) is 1.58. The number of amidine groups is 1. The van der Waals surface area contributed by atoms with Crippen LogP contribution in [-0.2, 0) is 0 Å². The summed E-state index contributed by atoms with van der Waals surface area (Å²) in [6.45, 7) is 1.59. The summed E-state index contributed by atoms with van der Waals surface area (Å²) in [5.41, 5.74) is 4.98. The third-order valence-electron chi connectivity index (χ3n) is 2.40. The minimum absolute atomic E-state index is 0.0270. The van der Waals surface area contributed by atoms with Crippen molar-refractivity contribution in [2.75, 3.05) is 25.6 Å². The molecular formula is C9H18F3N3S. The van der Waals surface area contributed by atoms with Crippen molar-refractivity contribution in [3.8, 4) is 0 Å². The summed E-state index contributed by atoms with van der Waals surface area (Å²) in [6, 6.07) is 0.0270. The standard InChI is InChI=1S/C9H18F3N3S/c1-6(5-16-3)15(2)4-7(8(13)14)9(10,11)12/h6-7H,4-5H2,1-3H3,(H3,13,14). The van der Waals surface area contributed by atoms with Crippen LogP contribution < -0.4 is 5.73 Å². The average Bonchev–Trinajstić information content (AvgIpc) is 2.11. The number of thioether (sulfide) groups is 1. The van der Waals surface area contributed by atoms with Crippen molar-refractivity contribution in [1.29, 1.82) is 5.41 Å². The largest absolute Gasteiger partial charge is 0.399 e. The molecule has 0 aliphatic heterocycles.